The van der Waals surface area contributed by atoms with E-state index in [1.807, 2.05) is 6.07 Å². The van der Waals surface area contributed by atoms with E-state index in [0.717, 1.165) is 55.1 Å². The van der Waals surface area contributed by atoms with Gasteiger partial charge in [0.15, 0.2) is 0 Å². The van der Waals surface area contributed by atoms with Crippen LogP contribution in [-0.4, -0.2) is 29.2 Å². The van der Waals surface area contributed by atoms with Crippen molar-refractivity contribution in [1.29, 1.82) is 0 Å². The summed E-state index contributed by atoms with van der Waals surface area (Å²) in [6.07, 6.45) is 3.59. The molecule has 2 aromatic rings. The van der Waals surface area contributed by atoms with Crippen molar-refractivity contribution in [3.8, 4) is 11.3 Å². The van der Waals surface area contributed by atoms with Gasteiger partial charge in [0, 0.05) is 42.6 Å². The van der Waals surface area contributed by atoms with E-state index in [1.54, 1.807) is 6.20 Å². The van der Waals surface area contributed by atoms with Crippen LogP contribution in [0.1, 0.15) is 24.0 Å². The molecule has 6 heteroatoms. The lowest BCUT2D eigenvalue weighted by atomic mass is 10.0. The molecule has 0 amide bonds. The Balaban J connectivity index is 1.64. The Kier molecular flexibility index (Phi) is 4.12. The van der Waals surface area contributed by atoms with Gasteiger partial charge in [0.05, 0.1) is 16.9 Å². The van der Waals surface area contributed by atoms with E-state index in [-0.39, 0.29) is 0 Å². The Bertz CT molecular complexity index is 787. The minimum atomic E-state index is 0.344. The van der Waals surface area contributed by atoms with Gasteiger partial charge in [-0.2, -0.15) is 0 Å². The van der Waals surface area contributed by atoms with Gasteiger partial charge in [-0.05, 0) is 24.5 Å². The van der Waals surface area contributed by atoms with E-state index >= 15 is 0 Å². The minimum Gasteiger partial charge on any atom is -0.381 e. The Morgan fingerprint density at radius 1 is 1.29 bits per heavy atom. The van der Waals surface area contributed by atoms with Crippen LogP contribution in [0.15, 0.2) is 31.0 Å². The summed E-state index contributed by atoms with van der Waals surface area (Å²) in [5.41, 5.74) is 5.03. The third-order valence-corrected chi connectivity index (χ3v) is 4.78. The van der Waals surface area contributed by atoms with Crippen LogP contribution in [0.25, 0.3) is 17.0 Å². The van der Waals surface area contributed by atoms with Crippen LogP contribution in [0, 0.1) is 0 Å². The Labute approximate surface area is 146 Å². The second-order valence-corrected chi connectivity index (χ2v) is 6.53. The number of aromatic nitrogens is 2. The first-order valence-corrected chi connectivity index (χ1v) is 8.52. The summed E-state index contributed by atoms with van der Waals surface area (Å²) in [6, 6.07) is 6.58. The van der Waals surface area contributed by atoms with Gasteiger partial charge >= 0.3 is 0 Å². The van der Waals surface area contributed by atoms with E-state index in [4.69, 9.17) is 16.3 Å². The average molecular weight is 343 g/mol. The summed E-state index contributed by atoms with van der Waals surface area (Å²) in [4.78, 5) is 8.96. The normalized spacial score (nSPS) is 17.5. The fourth-order valence-corrected chi connectivity index (χ4v) is 3.32. The number of benzene rings is 1. The quantitative estimate of drug-likeness (QED) is 0.894. The zero-order valence-corrected chi connectivity index (χ0v) is 14.1. The first-order valence-electron chi connectivity index (χ1n) is 8.14. The summed E-state index contributed by atoms with van der Waals surface area (Å²) in [7, 11) is 0. The lowest BCUT2D eigenvalue weighted by Crippen LogP contribution is -2.28. The van der Waals surface area contributed by atoms with Gasteiger partial charge in [-0.1, -0.05) is 30.3 Å². The van der Waals surface area contributed by atoms with Crippen molar-refractivity contribution in [2.75, 3.05) is 18.5 Å². The third-order valence-electron chi connectivity index (χ3n) is 4.50. The zero-order valence-electron chi connectivity index (χ0n) is 13.3. The number of halogens is 1. The van der Waals surface area contributed by atoms with Crippen molar-refractivity contribution < 1.29 is 4.74 Å². The molecule has 1 aromatic carbocycles. The molecular weight excluding hydrogens is 324 g/mol. The lowest BCUT2D eigenvalue weighted by Gasteiger charge is -2.23. The fraction of sp³-hybridized carbons (Fsp3) is 0.333. The number of ether oxygens (including phenoxy) is 1. The molecule has 5 nitrogen and oxygen atoms in total. The van der Waals surface area contributed by atoms with Crippen LogP contribution in [-0.2, 0) is 11.3 Å². The highest BCUT2D eigenvalue weighted by Crippen LogP contribution is 2.32. The van der Waals surface area contributed by atoms with Gasteiger partial charge < -0.3 is 15.4 Å². The first-order chi connectivity index (χ1) is 11.7. The average Bonchev–Trinajstić information content (AvgIpc) is 2.98. The maximum absolute atomic E-state index is 6.35. The maximum Gasteiger partial charge on any atom is 0.223 e. The molecule has 0 atom stereocenters. The predicted octanol–water partition coefficient (Wildman–Crippen LogP) is 3.46. The molecule has 1 fully saturated rings. The molecule has 2 aliphatic rings. The highest BCUT2D eigenvalue weighted by atomic mass is 35.5. The summed E-state index contributed by atoms with van der Waals surface area (Å²) >= 11 is 6.35. The number of nitrogens with one attached hydrogen (secondary N) is 2. The third kappa shape index (κ3) is 2.97. The number of fused-ring (bicyclic) bond motifs is 1. The van der Waals surface area contributed by atoms with Crippen molar-refractivity contribution in [2.45, 2.75) is 25.4 Å². The molecule has 4 rings (SSSR count). The van der Waals surface area contributed by atoms with E-state index in [2.05, 4.69) is 39.3 Å². The number of anilines is 1. The number of hydrogen-bond acceptors (Lipinski definition) is 5. The van der Waals surface area contributed by atoms with Crippen LogP contribution in [0.5, 0.6) is 0 Å². The molecule has 1 saturated heterocycles. The Hall–Kier alpha value is -2.11. The van der Waals surface area contributed by atoms with Gasteiger partial charge in [-0.15, -0.1) is 0 Å². The van der Waals surface area contributed by atoms with E-state index in [0.29, 0.717) is 17.0 Å². The van der Waals surface area contributed by atoms with Crippen molar-refractivity contribution in [1.82, 2.24) is 15.3 Å². The van der Waals surface area contributed by atoms with Crippen molar-refractivity contribution in [3.63, 3.8) is 0 Å². The van der Waals surface area contributed by atoms with Crippen molar-refractivity contribution in [3.05, 3.63) is 47.1 Å². The largest absolute Gasteiger partial charge is 0.381 e. The lowest BCUT2D eigenvalue weighted by molar-refractivity contribution is 0.0903. The molecule has 0 unspecified atom stereocenters. The monoisotopic (exact) mass is 342 g/mol. The Morgan fingerprint density at radius 3 is 2.96 bits per heavy atom. The van der Waals surface area contributed by atoms with Gasteiger partial charge in [0.1, 0.15) is 0 Å². The molecule has 1 aromatic heterocycles. The molecule has 2 aliphatic heterocycles. The molecule has 3 heterocycles. The minimum absolute atomic E-state index is 0.344. The van der Waals surface area contributed by atoms with E-state index in [1.165, 1.54) is 5.56 Å². The molecule has 2 N–H and O–H groups in total. The van der Waals surface area contributed by atoms with E-state index < -0.39 is 0 Å². The summed E-state index contributed by atoms with van der Waals surface area (Å²) in [6.45, 7) is 6.42. The molecular formula is C18H19ClN4O. The summed E-state index contributed by atoms with van der Waals surface area (Å²) < 4.78 is 5.39. The van der Waals surface area contributed by atoms with Crippen molar-refractivity contribution in [2.24, 2.45) is 0 Å². The SMILES string of the molecule is C=C1NCc2ccc(-c3nc(NC4CCOCC4)ncc3Cl)cc21. The second kappa shape index (κ2) is 6.42. The fourth-order valence-electron chi connectivity index (χ4n) is 3.12. The summed E-state index contributed by atoms with van der Waals surface area (Å²) in [5.74, 6) is 0.610. The number of rotatable bonds is 3. The molecule has 0 aliphatic carbocycles. The summed E-state index contributed by atoms with van der Waals surface area (Å²) in [5, 5.41) is 7.19. The highest BCUT2D eigenvalue weighted by Gasteiger charge is 2.18. The van der Waals surface area contributed by atoms with Crippen molar-refractivity contribution >= 4 is 23.2 Å². The van der Waals surface area contributed by atoms with Gasteiger partial charge in [0.25, 0.3) is 0 Å². The first kappa shape index (κ1) is 15.4. The molecule has 0 bridgehead atoms. The zero-order chi connectivity index (χ0) is 16.5. The molecule has 0 radical (unpaired) electrons. The van der Waals surface area contributed by atoms with Crippen LogP contribution >= 0.6 is 11.6 Å². The van der Waals surface area contributed by atoms with Gasteiger partial charge in [-0.3, -0.25) is 0 Å². The highest BCUT2D eigenvalue weighted by molar-refractivity contribution is 6.32. The topological polar surface area (TPSA) is 59.1 Å². The molecule has 0 saturated carbocycles. The standard InChI is InChI=1S/C18H19ClN4O/c1-11-15-8-12(2-3-13(15)9-20-11)17-16(19)10-21-18(23-17)22-14-4-6-24-7-5-14/h2-3,8,10,14,20H,1,4-7,9H2,(H,21,22,23). The van der Waals surface area contributed by atoms with Gasteiger partial charge in [0.2, 0.25) is 5.95 Å². The second-order valence-electron chi connectivity index (χ2n) is 6.13. The number of hydrogen-bond donors (Lipinski definition) is 2. The molecule has 124 valence electrons. The van der Waals surface area contributed by atoms with Crippen LogP contribution in [0.2, 0.25) is 5.02 Å². The Morgan fingerprint density at radius 2 is 2.12 bits per heavy atom. The van der Waals surface area contributed by atoms with Gasteiger partial charge in [-0.25, -0.2) is 9.97 Å². The molecule has 0 spiro atoms. The van der Waals surface area contributed by atoms with E-state index in [9.17, 15) is 0 Å². The number of nitrogens with zero attached hydrogens (tertiary/aromatic N) is 2. The van der Waals surface area contributed by atoms with Crippen LogP contribution in [0.4, 0.5) is 5.95 Å². The van der Waals surface area contributed by atoms with Crippen LogP contribution < -0.4 is 10.6 Å². The predicted molar refractivity (Wildman–Crippen MR) is 95.8 cm³/mol. The van der Waals surface area contributed by atoms with Crippen LogP contribution in [0.3, 0.4) is 0 Å². The maximum atomic E-state index is 6.35. The smallest absolute Gasteiger partial charge is 0.223 e. The molecule has 24 heavy (non-hydrogen) atoms.